The molecule has 0 aliphatic rings. The number of benzene rings is 3. The molecule has 0 aliphatic heterocycles. The van der Waals surface area contributed by atoms with Crippen LogP contribution in [0.4, 0.5) is 10.8 Å². The number of nitro groups is 1. The normalized spacial score (nSPS) is 10.8. The van der Waals surface area contributed by atoms with Gasteiger partial charge >= 0.3 is 0 Å². The van der Waals surface area contributed by atoms with Crippen LogP contribution in [-0.2, 0) is 6.61 Å². The van der Waals surface area contributed by atoms with E-state index < -0.39 is 4.92 Å². The van der Waals surface area contributed by atoms with Crippen molar-refractivity contribution in [1.29, 1.82) is 0 Å². The summed E-state index contributed by atoms with van der Waals surface area (Å²) in [7, 11) is 0. The summed E-state index contributed by atoms with van der Waals surface area (Å²) >= 11 is 1.41. The van der Waals surface area contributed by atoms with Crippen LogP contribution in [0.3, 0.4) is 0 Å². The van der Waals surface area contributed by atoms with E-state index >= 15 is 0 Å². The second-order valence-electron chi connectivity index (χ2n) is 6.56. The van der Waals surface area contributed by atoms with E-state index in [1.165, 1.54) is 23.5 Å². The highest BCUT2D eigenvalue weighted by Crippen LogP contribution is 2.26. The van der Waals surface area contributed by atoms with Crippen LogP contribution in [0.15, 0.2) is 89.3 Å². The molecule has 0 amide bonds. The summed E-state index contributed by atoms with van der Waals surface area (Å²) in [6.07, 6.45) is 1.70. The van der Waals surface area contributed by atoms with E-state index in [9.17, 15) is 10.1 Å². The number of rotatable bonds is 8. The van der Waals surface area contributed by atoms with Crippen molar-refractivity contribution in [2.24, 2.45) is 5.10 Å². The molecule has 8 heteroatoms. The van der Waals surface area contributed by atoms with E-state index in [1.807, 2.05) is 60.0 Å². The van der Waals surface area contributed by atoms with Crippen molar-refractivity contribution in [2.45, 2.75) is 6.61 Å². The molecule has 154 valence electrons. The molecule has 4 rings (SSSR count). The average molecular weight is 430 g/mol. The highest BCUT2D eigenvalue weighted by atomic mass is 32.1. The van der Waals surface area contributed by atoms with E-state index in [0.717, 1.165) is 28.1 Å². The maximum Gasteiger partial charge on any atom is 0.269 e. The van der Waals surface area contributed by atoms with E-state index in [2.05, 4.69) is 15.5 Å². The summed E-state index contributed by atoms with van der Waals surface area (Å²) in [6.45, 7) is 0.525. The van der Waals surface area contributed by atoms with Crippen LogP contribution in [0.2, 0.25) is 0 Å². The van der Waals surface area contributed by atoms with Crippen LogP contribution >= 0.6 is 11.3 Å². The Morgan fingerprint density at radius 2 is 1.77 bits per heavy atom. The van der Waals surface area contributed by atoms with Gasteiger partial charge in [0.15, 0.2) is 0 Å². The third-order valence-corrected chi connectivity index (χ3v) is 5.13. The lowest BCUT2D eigenvalue weighted by Gasteiger charge is -2.06. The monoisotopic (exact) mass is 430 g/mol. The Balaban J connectivity index is 1.31. The van der Waals surface area contributed by atoms with Gasteiger partial charge in [0.05, 0.1) is 16.8 Å². The minimum absolute atomic E-state index is 0.0541. The number of hydrazone groups is 1. The number of non-ortho nitro benzene ring substituents is 1. The van der Waals surface area contributed by atoms with Crippen LogP contribution in [0, 0.1) is 10.1 Å². The molecule has 1 N–H and O–H groups in total. The highest BCUT2D eigenvalue weighted by molar-refractivity contribution is 7.14. The lowest BCUT2D eigenvalue weighted by Crippen LogP contribution is -1.95. The third-order valence-electron chi connectivity index (χ3n) is 4.38. The Kier molecular flexibility index (Phi) is 6.29. The summed E-state index contributed by atoms with van der Waals surface area (Å²) in [5.41, 5.74) is 6.55. The summed E-state index contributed by atoms with van der Waals surface area (Å²) in [5, 5.41) is 17.5. The van der Waals surface area contributed by atoms with Crippen LogP contribution in [0.25, 0.3) is 11.3 Å². The average Bonchev–Trinajstić information content (AvgIpc) is 3.28. The van der Waals surface area contributed by atoms with Crippen molar-refractivity contribution >= 4 is 28.4 Å². The molecular formula is C23H18N4O3S. The maximum atomic E-state index is 10.8. The van der Waals surface area contributed by atoms with Gasteiger partial charge < -0.3 is 4.74 Å². The Morgan fingerprint density at radius 1 is 1.03 bits per heavy atom. The predicted octanol–water partition coefficient (Wildman–Crippen LogP) is 5.74. The summed E-state index contributed by atoms with van der Waals surface area (Å²) in [4.78, 5) is 14.8. The van der Waals surface area contributed by atoms with Crippen molar-refractivity contribution in [3.05, 3.63) is 105 Å². The zero-order valence-electron chi connectivity index (χ0n) is 16.3. The number of nitrogens with one attached hydrogen (secondary N) is 1. The molecule has 0 radical (unpaired) electrons. The van der Waals surface area contributed by atoms with Gasteiger partial charge in [-0.2, -0.15) is 5.10 Å². The summed E-state index contributed by atoms with van der Waals surface area (Å²) in [5.74, 6) is 0.793. The largest absolute Gasteiger partial charge is 0.489 e. The Hall–Kier alpha value is -4.04. The molecule has 0 fully saturated rings. The van der Waals surface area contributed by atoms with Crippen LogP contribution in [-0.4, -0.2) is 16.1 Å². The number of hydrogen-bond acceptors (Lipinski definition) is 7. The number of hydrogen-bond donors (Lipinski definition) is 1. The zero-order chi connectivity index (χ0) is 21.5. The first-order valence-electron chi connectivity index (χ1n) is 9.43. The number of anilines is 1. The van der Waals surface area contributed by atoms with E-state index in [-0.39, 0.29) is 5.69 Å². The van der Waals surface area contributed by atoms with Crippen molar-refractivity contribution in [1.82, 2.24) is 4.98 Å². The van der Waals surface area contributed by atoms with Gasteiger partial charge in [0, 0.05) is 23.1 Å². The van der Waals surface area contributed by atoms with Gasteiger partial charge in [-0.3, -0.25) is 15.5 Å². The smallest absolute Gasteiger partial charge is 0.269 e. The second-order valence-corrected chi connectivity index (χ2v) is 7.41. The Morgan fingerprint density at radius 3 is 2.48 bits per heavy atom. The fourth-order valence-electron chi connectivity index (χ4n) is 2.76. The first-order chi connectivity index (χ1) is 15.2. The quantitative estimate of drug-likeness (QED) is 0.219. The third kappa shape index (κ3) is 5.52. The van der Waals surface area contributed by atoms with E-state index in [0.29, 0.717) is 11.7 Å². The number of nitro benzene ring substituents is 1. The molecule has 7 nitrogen and oxygen atoms in total. The maximum absolute atomic E-state index is 10.8. The molecule has 31 heavy (non-hydrogen) atoms. The van der Waals surface area contributed by atoms with E-state index in [4.69, 9.17) is 4.74 Å². The van der Waals surface area contributed by atoms with E-state index in [1.54, 1.807) is 18.3 Å². The van der Waals surface area contributed by atoms with Crippen LogP contribution < -0.4 is 10.2 Å². The molecule has 0 aliphatic carbocycles. The van der Waals surface area contributed by atoms with Crippen LogP contribution in [0.5, 0.6) is 5.75 Å². The fourth-order valence-corrected chi connectivity index (χ4v) is 3.43. The number of thiazole rings is 1. The molecule has 0 spiro atoms. The highest BCUT2D eigenvalue weighted by Gasteiger charge is 2.08. The Labute approximate surface area is 182 Å². The Bertz CT molecular complexity index is 1170. The first-order valence-corrected chi connectivity index (χ1v) is 10.3. The lowest BCUT2D eigenvalue weighted by molar-refractivity contribution is -0.384. The fraction of sp³-hybridized carbons (Fsp3) is 0.0435. The van der Waals surface area contributed by atoms with Crippen molar-refractivity contribution in [3.8, 4) is 17.0 Å². The molecule has 4 aromatic rings. The van der Waals surface area contributed by atoms with Crippen molar-refractivity contribution in [3.63, 3.8) is 0 Å². The topological polar surface area (TPSA) is 89.7 Å². The minimum Gasteiger partial charge on any atom is -0.489 e. The minimum atomic E-state index is -0.422. The molecule has 1 aromatic heterocycles. The zero-order valence-corrected chi connectivity index (χ0v) is 17.2. The van der Waals surface area contributed by atoms with Crippen molar-refractivity contribution in [2.75, 3.05) is 5.43 Å². The molecular weight excluding hydrogens is 412 g/mol. The molecule has 1 heterocycles. The molecule has 0 atom stereocenters. The molecule has 0 saturated carbocycles. The number of nitrogens with zero attached hydrogens (tertiary/aromatic N) is 3. The van der Waals surface area contributed by atoms with Gasteiger partial charge in [-0.25, -0.2) is 4.98 Å². The van der Waals surface area contributed by atoms with Gasteiger partial charge in [0.25, 0.3) is 5.69 Å². The van der Waals surface area contributed by atoms with Crippen LogP contribution in [0.1, 0.15) is 11.1 Å². The molecule has 0 saturated heterocycles. The number of ether oxygens (including phenoxy) is 1. The SMILES string of the molecule is O=[N+]([O-])c1ccc(-c2csc(N/N=C\c3ccc(OCc4ccccc4)cc3)n2)cc1. The summed E-state index contributed by atoms with van der Waals surface area (Å²) in [6, 6.07) is 24.0. The van der Waals surface area contributed by atoms with Gasteiger partial charge in [0.2, 0.25) is 5.13 Å². The second kappa shape index (κ2) is 9.64. The lowest BCUT2D eigenvalue weighted by atomic mass is 10.1. The van der Waals surface area contributed by atoms with Gasteiger partial charge in [-0.1, -0.05) is 30.3 Å². The molecule has 3 aromatic carbocycles. The first kappa shape index (κ1) is 20.2. The molecule has 0 bridgehead atoms. The predicted molar refractivity (Wildman–Crippen MR) is 123 cm³/mol. The standard InChI is InChI=1S/C23H18N4O3S/c28-27(29)20-10-8-19(9-11-20)22-16-31-23(25-22)26-24-14-17-6-12-21(13-7-17)30-15-18-4-2-1-3-5-18/h1-14,16H,15H2,(H,25,26)/b24-14-. The van der Waals surface area contributed by atoms with Gasteiger partial charge in [0.1, 0.15) is 12.4 Å². The van der Waals surface area contributed by atoms with Gasteiger partial charge in [-0.05, 0) is 47.5 Å². The summed E-state index contributed by atoms with van der Waals surface area (Å²) < 4.78 is 5.78. The van der Waals surface area contributed by atoms with Crippen molar-refractivity contribution < 1.29 is 9.66 Å². The number of aromatic nitrogens is 1. The molecule has 0 unspecified atom stereocenters. The van der Waals surface area contributed by atoms with Gasteiger partial charge in [-0.15, -0.1) is 11.3 Å².